The van der Waals surface area contributed by atoms with E-state index >= 15 is 0 Å². The molecule has 1 aliphatic carbocycles. The Hall–Kier alpha value is -3.44. The van der Waals surface area contributed by atoms with Gasteiger partial charge in [0.2, 0.25) is 0 Å². The summed E-state index contributed by atoms with van der Waals surface area (Å²) < 4.78 is 11.9. The summed E-state index contributed by atoms with van der Waals surface area (Å²) in [5.41, 5.74) is 0.882. The molecule has 0 spiro atoms. The van der Waals surface area contributed by atoms with Crippen LogP contribution in [0.3, 0.4) is 0 Å². The Bertz CT molecular complexity index is 1340. The molecule has 1 saturated carbocycles. The van der Waals surface area contributed by atoms with Crippen molar-refractivity contribution in [3.63, 3.8) is 0 Å². The summed E-state index contributed by atoms with van der Waals surface area (Å²) in [5.74, 6) is 0.483. The second-order valence-corrected chi connectivity index (χ2v) is 14.1. The third-order valence-corrected chi connectivity index (χ3v) is 8.93. The van der Waals surface area contributed by atoms with E-state index in [9.17, 15) is 9.59 Å². The molecule has 2 amide bonds. The first-order chi connectivity index (χ1) is 19.5. The summed E-state index contributed by atoms with van der Waals surface area (Å²) in [5, 5.41) is 12.8. The second kappa shape index (κ2) is 11.7. The van der Waals surface area contributed by atoms with Crippen LogP contribution >= 0.6 is 11.6 Å². The number of hydrogen-bond acceptors (Lipinski definition) is 6. The van der Waals surface area contributed by atoms with Crippen molar-refractivity contribution in [2.75, 3.05) is 25.0 Å². The molecule has 2 aromatic carbocycles. The molecular weight excluding hydrogens is 552 g/mol. The largest absolute Gasteiger partial charge is 0.489 e. The van der Waals surface area contributed by atoms with Crippen LogP contribution in [0.5, 0.6) is 5.75 Å². The van der Waals surface area contributed by atoms with E-state index in [0.717, 1.165) is 31.6 Å². The molecule has 2 fully saturated rings. The number of nitriles is 1. The van der Waals surface area contributed by atoms with Crippen LogP contribution in [0.25, 0.3) is 0 Å². The molecule has 1 aliphatic heterocycles. The molecule has 4 rings (SSSR count). The predicted octanol–water partition coefficient (Wildman–Crippen LogP) is 6.66. The van der Waals surface area contributed by atoms with Gasteiger partial charge in [-0.05, 0) is 70.0 Å². The van der Waals surface area contributed by atoms with Crippen LogP contribution in [0.15, 0.2) is 42.5 Å². The van der Waals surface area contributed by atoms with Crippen LogP contribution < -0.4 is 15.0 Å². The fraction of sp³-hybridized carbons (Fsp3) is 0.545. The molecule has 0 atom stereocenters. The SMILES string of the molecule is CN(C(=O)OC(C)(C)C)C1CCN(c2ccc(C(=O)N[C@H]3C(C)(C)[C@H](Oc4ccc(C#N)c(Cl)c4)C3(C)C)cc2)CC1. The summed E-state index contributed by atoms with van der Waals surface area (Å²) in [6.45, 7) is 15.6. The van der Waals surface area contributed by atoms with Gasteiger partial charge in [-0.25, -0.2) is 4.79 Å². The number of nitrogens with zero attached hydrogens (tertiary/aromatic N) is 3. The molecule has 226 valence electrons. The molecule has 9 heteroatoms. The van der Waals surface area contributed by atoms with Crippen molar-refractivity contribution in [2.45, 2.75) is 85.1 Å². The summed E-state index contributed by atoms with van der Waals surface area (Å²) in [7, 11) is 1.81. The minimum atomic E-state index is -0.513. The smallest absolute Gasteiger partial charge is 0.410 e. The molecule has 2 aromatic rings. The maximum atomic E-state index is 13.3. The lowest BCUT2D eigenvalue weighted by molar-refractivity contribution is -0.164. The van der Waals surface area contributed by atoms with Gasteiger partial charge in [0.05, 0.1) is 10.6 Å². The first-order valence-electron chi connectivity index (χ1n) is 14.5. The predicted molar refractivity (Wildman–Crippen MR) is 165 cm³/mol. The van der Waals surface area contributed by atoms with Crippen molar-refractivity contribution in [1.29, 1.82) is 5.26 Å². The molecular formula is C33H43ClN4O4. The van der Waals surface area contributed by atoms with Crippen LogP contribution in [0, 0.1) is 22.2 Å². The van der Waals surface area contributed by atoms with Gasteiger partial charge >= 0.3 is 6.09 Å². The van der Waals surface area contributed by atoms with E-state index < -0.39 is 5.60 Å². The van der Waals surface area contributed by atoms with Gasteiger partial charge in [-0.15, -0.1) is 0 Å². The molecule has 8 nitrogen and oxygen atoms in total. The zero-order chi connectivity index (χ0) is 31.0. The Morgan fingerprint density at radius 2 is 1.64 bits per heavy atom. The van der Waals surface area contributed by atoms with Crippen LogP contribution in [-0.4, -0.2) is 60.8 Å². The number of nitrogens with one attached hydrogen (secondary N) is 1. The Morgan fingerprint density at radius 3 is 2.17 bits per heavy atom. The van der Waals surface area contributed by atoms with Crippen LogP contribution in [-0.2, 0) is 4.74 Å². The highest BCUT2D eigenvalue weighted by Gasteiger charge is 2.64. The first kappa shape index (κ1) is 31.5. The quantitative estimate of drug-likeness (QED) is 0.402. The third kappa shape index (κ3) is 6.47. The minimum Gasteiger partial charge on any atom is -0.489 e. The second-order valence-electron chi connectivity index (χ2n) is 13.7. The summed E-state index contributed by atoms with van der Waals surface area (Å²) in [4.78, 5) is 29.8. The lowest BCUT2D eigenvalue weighted by atomic mass is 9.49. The fourth-order valence-electron chi connectivity index (χ4n) is 6.63. The van der Waals surface area contributed by atoms with E-state index in [1.807, 2.05) is 52.1 Å². The molecule has 2 aliphatic rings. The fourth-order valence-corrected chi connectivity index (χ4v) is 6.84. The Balaban J connectivity index is 1.33. The number of rotatable bonds is 6. The lowest BCUT2D eigenvalue weighted by Gasteiger charge is -2.63. The standard InChI is InChI=1S/C33H43ClN4O4/c1-31(2,3)42-30(40)37(8)23-15-17-38(18-16-23)24-12-9-21(10-13-24)27(39)36-28-32(4,5)29(33(28,6)7)41-25-14-11-22(20-35)26(34)19-25/h9-14,19,23,28-29H,15-18H2,1-8H3,(H,36,39)/t28-,29-. The molecule has 0 radical (unpaired) electrons. The Kier molecular flexibility index (Phi) is 8.76. The average molecular weight is 595 g/mol. The highest BCUT2D eigenvalue weighted by atomic mass is 35.5. The van der Waals surface area contributed by atoms with Crippen molar-refractivity contribution in [2.24, 2.45) is 10.8 Å². The van der Waals surface area contributed by atoms with E-state index in [2.05, 4.69) is 44.0 Å². The normalized spacial score (nSPS) is 21.5. The summed E-state index contributed by atoms with van der Waals surface area (Å²) in [6, 6.07) is 14.9. The number of halogens is 1. The minimum absolute atomic E-state index is 0.114. The number of hydrogen-bond donors (Lipinski definition) is 1. The third-order valence-electron chi connectivity index (χ3n) is 8.62. The highest BCUT2D eigenvalue weighted by molar-refractivity contribution is 6.31. The topological polar surface area (TPSA) is 94.9 Å². The maximum Gasteiger partial charge on any atom is 0.410 e. The first-order valence-corrected chi connectivity index (χ1v) is 14.9. The van der Waals surface area contributed by atoms with Crippen molar-refractivity contribution < 1.29 is 19.1 Å². The number of carbonyl (C=O) groups is 2. The number of piperidine rings is 1. The van der Waals surface area contributed by atoms with Crippen molar-refractivity contribution >= 4 is 29.3 Å². The van der Waals surface area contributed by atoms with Gasteiger partial charge in [0.1, 0.15) is 23.5 Å². The Labute approximate surface area is 254 Å². The van der Waals surface area contributed by atoms with Gasteiger partial charge in [0.15, 0.2) is 0 Å². The van der Waals surface area contributed by atoms with Gasteiger partial charge in [-0.2, -0.15) is 5.26 Å². The maximum absolute atomic E-state index is 13.3. The molecule has 42 heavy (non-hydrogen) atoms. The van der Waals surface area contributed by atoms with Crippen LogP contribution in [0.2, 0.25) is 5.02 Å². The van der Waals surface area contributed by atoms with Gasteiger partial charge in [0, 0.05) is 60.4 Å². The van der Waals surface area contributed by atoms with E-state index in [1.54, 1.807) is 23.1 Å². The molecule has 1 saturated heterocycles. The number of benzene rings is 2. The molecule has 1 N–H and O–H groups in total. The van der Waals surface area contributed by atoms with Crippen LogP contribution in [0.4, 0.5) is 10.5 Å². The van der Waals surface area contributed by atoms with Gasteiger partial charge in [-0.3, -0.25) is 4.79 Å². The zero-order valence-electron chi connectivity index (χ0n) is 26.0. The van der Waals surface area contributed by atoms with E-state index in [-0.39, 0.29) is 41.0 Å². The number of carbonyl (C=O) groups excluding carboxylic acids is 2. The van der Waals surface area contributed by atoms with Crippen molar-refractivity contribution in [3.05, 3.63) is 58.6 Å². The molecule has 1 heterocycles. The number of anilines is 1. The van der Waals surface area contributed by atoms with Crippen molar-refractivity contribution in [3.8, 4) is 11.8 Å². The summed E-state index contributed by atoms with van der Waals surface area (Å²) in [6.07, 6.45) is 1.24. The van der Waals surface area contributed by atoms with E-state index in [1.165, 1.54) is 0 Å². The lowest BCUT2D eigenvalue weighted by Crippen LogP contribution is -2.74. The van der Waals surface area contributed by atoms with Crippen molar-refractivity contribution in [1.82, 2.24) is 10.2 Å². The zero-order valence-corrected chi connectivity index (χ0v) is 26.7. The van der Waals surface area contributed by atoms with Gasteiger partial charge < -0.3 is 24.6 Å². The molecule has 0 bridgehead atoms. The van der Waals surface area contributed by atoms with E-state index in [0.29, 0.717) is 21.9 Å². The molecule has 0 unspecified atom stereocenters. The highest BCUT2D eigenvalue weighted by Crippen LogP contribution is 2.55. The Morgan fingerprint density at radius 1 is 1.05 bits per heavy atom. The van der Waals surface area contributed by atoms with Gasteiger partial charge in [-0.1, -0.05) is 39.3 Å². The molecule has 0 aromatic heterocycles. The van der Waals surface area contributed by atoms with Gasteiger partial charge in [0.25, 0.3) is 5.91 Å². The summed E-state index contributed by atoms with van der Waals surface area (Å²) >= 11 is 6.21. The van der Waals surface area contributed by atoms with E-state index in [4.69, 9.17) is 26.3 Å². The average Bonchev–Trinajstić information content (AvgIpc) is 2.93. The number of ether oxygens (including phenoxy) is 2. The number of amides is 2. The van der Waals surface area contributed by atoms with Crippen LogP contribution in [0.1, 0.15) is 77.2 Å². The monoisotopic (exact) mass is 594 g/mol.